The lowest BCUT2D eigenvalue weighted by atomic mass is 10.0. The largest absolute Gasteiger partial charge is 0.455 e. The van der Waals surface area contributed by atoms with Crippen LogP contribution in [0.25, 0.3) is 10.1 Å². The first-order chi connectivity index (χ1) is 13.7. The molecule has 0 amide bonds. The van der Waals surface area contributed by atoms with Crippen LogP contribution >= 0.6 is 11.3 Å². The minimum atomic E-state index is 0.0267. The van der Waals surface area contributed by atoms with Gasteiger partial charge in [-0.25, -0.2) is 0 Å². The number of thiophene rings is 1. The van der Waals surface area contributed by atoms with Gasteiger partial charge in [-0.15, -0.1) is 11.3 Å². The predicted octanol–water partition coefficient (Wildman–Crippen LogP) is 7.05. The van der Waals surface area contributed by atoms with E-state index >= 15 is 0 Å². The Labute approximate surface area is 169 Å². The third-order valence-electron chi connectivity index (χ3n) is 4.95. The van der Waals surface area contributed by atoms with Gasteiger partial charge in [-0.2, -0.15) is 0 Å². The average molecular weight is 387 g/mol. The SMILES string of the molecule is CCc1ccc(Oc2c(C(=O)c3ccccc3CC)sc3ccccc23)cc1. The van der Waals surface area contributed by atoms with E-state index in [-0.39, 0.29) is 5.78 Å². The van der Waals surface area contributed by atoms with Crippen molar-refractivity contribution < 1.29 is 9.53 Å². The van der Waals surface area contributed by atoms with Gasteiger partial charge in [0.05, 0.1) is 0 Å². The molecule has 0 saturated carbocycles. The highest BCUT2D eigenvalue weighted by atomic mass is 32.1. The lowest BCUT2D eigenvalue weighted by Crippen LogP contribution is -2.04. The van der Waals surface area contributed by atoms with Crippen LogP contribution in [0.15, 0.2) is 72.8 Å². The molecule has 0 bridgehead atoms. The molecular formula is C25H22O2S. The molecule has 4 aromatic rings. The molecule has 0 aliphatic heterocycles. The van der Waals surface area contributed by atoms with Gasteiger partial charge in [0, 0.05) is 15.6 Å². The van der Waals surface area contributed by atoms with Crippen molar-refractivity contribution in [2.24, 2.45) is 0 Å². The molecule has 0 spiro atoms. The summed E-state index contributed by atoms with van der Waals surface area (Å²) in [5, 5.41) is 0.976. The minimum Gasteiger partial charge on any atom is -0.455 e. The van der Waals surface area contributed by atoms with Crippen molar-refractivity contribution in [1.82, 2.24) is 0 Å². The summed E-state index contributed by atoms with van der Waals surface area (Å²) >= 11 is 1.50. The average Bonchev–Trinajstić information content (AvgIpc) is 3.12. The highest BCUT2D eigenvalue weighted by Crippen LogP contribution is 2.41. The van der Waals surface area contributed by atoms with Crippen LogP contribution in [0.3, 0.4) is 0 Å². The van der Waals surface area contributed by atoms with Crippen LogP contribution in [0.4, 0.5) is 0 Å². The molecule has 0 radical (unpaired) electrons. The lowest BCUT2D eigenvalue weighted by molar-refractivity contribution is 0.104. The van der Waals surface area contributed by atoms with E-state index in [1.165, 1.54) is 16.9 Å². The first-order valence-corrected chi connectivity index (χ1v) is 10.4. The predicted molar refractivity (Wildman–Crippen MR) is 117 cm³/mol. The molecule has 140 valence electrons. The van der Waals surface area contributed by atoms with Gasteiger partial charge in [0.2, 0.25) is 5.78 Å². The Morgan fingerprint density at radius 3 is 2.32 bits per heavy atom. The Bertz CT molecular complexity index is 1120. The molecule has 1 heterocycles. The molecule has 0 unspecified atom stereocenters. The van der Waals surface area contributed by atoms with E-state index in [2.05, 4.69) is 26.0 Å². The Balaban J connectivity index is 1.81. The van der Waals surface area contributed by atoms with E-state index < -0.39 is 0 Å². The van der Waals surface area contributed by atoms with Crippen molar-refractivity contribution in [3.8, 4) is 11.5 Å². The standard InChI is InChI=1S/C25H22O2S/c1-3-17-13-15-19(16-14-17)27-24-21-11-7-8-12-22(21)28-25(24)23(26)20-10-6-5-9-18(20)4-2/h5-16H,3-4H2,1-2H3. The van der Waals surface area contributed by atoms with Gasteiger partial charge in [0.15, 0.2) is 5.75 Å². The molecule has 2 nitrogen and oxygen atoms in total. The number of aryl methyl sites for hydroxylation is 2. The Morgan fingerprint density at radius 1 is 0.857 bits per heavy atom. The zero-order chi connectivity index (χ0) is 19.5. The van der Waals surface area contributed by atoms with Gasteiger partial charge >= 0.3 is 0 Å². The normalized spacial score (nSPS) is 10.9. The van der Waals surface area contributed by atoms with E-state index in [0.717, 1.165) is 39.8 Å². The summed E-state index contributed by atoms with van der Waals surface area (Å²) < 4.78 is 7.32. The molecule has 3 heteroatoms. The summed E-state index contributed by atoms with van der Waals surface area (Å²) in [6.45, 7) is 4.20. The summed E-state index contributed by atoms with van der Waals surface area (Å²) in [6.07, 6.45) is 1.81. The van der Waals surface area contributed by atoms with Crippen molar-refractivity contribution in [2.45, 2.75) is 26.7 Å². The molecule has 0 N–H and O–H groups in total. The van der Waals surface area contributed by atoms with E-state index in [1.54, 1.807) is 0 Å². The number of hydrogen-bond acceptors (Lipinski definition) is 3. The second-order valence-electron chi connectivity index (χ2n) is 6.70. The monoisotopic (exact) mass is 386 g/mol. The molecule has 0 fully saturated rings. The number of rotatable bonds is 6. The van der Waals surface area contributed by atoms with E-state index in [4.69, 9.17) is 4.74 Å². The smallest absolute Gasteiger partial charge is 0.207 e. The summed E-state index contributed by atoms with van der Waals surface area (Å²) in [5.74, 6) is 1.43. The van der Waals surface area contributed by atoms with Crippen molar-refractivity contribution in [1.29, 1.82) is 0 Å². The van der Waals surface area contributed by atoms with E-state index in [1.807, 2.05) is 60.7 Å². The van der Waals surface area contributed by atoms with Crippen LogP contribution in [0, 0.1) is 0 Å². The third kappa shape index (κ3) is 3.46. The fraction of sp³-hybridized carbons (Fsp3) is 0.160. The highest BCUT2D eigenvalue weighted by Gasteiger charge is 2.23. The van der Waals surface area contributed by atoms with E-state index in [9.17, 15) is 4.79 Å². The Hall–Kier alpha value is -2.91. The fourth-order valence-electron chi connectivity index (χ4n) is 3.36. The van der Waals surface area contributed by atoms with Crippen molar-refractivity contribution in [3.63, 3.8) is 0 Å². The number of fused-ring (bicyclic) bond motifs is 1. The lowest BCUT2D eigenvalue weighted by Gasteiger charge is -2.10. The van der Waals surface area contributed by atoms with Crippen LogP contribution in [0.2, 0.25) is 0 Å². The molecule has 0 atom stereocenters. The number of ether oxygens (including phenoxy) is 1. The maximum Gasteiger partial charge on any atom is 0.207 e. The topological polar surface area (TPSA) is 26.3 Å². The zero-order valence-corrected chi connectivity index (χ0v) is 16.9. The molecule has 0 aliphatic carbocycles. The maximum atomic E-state index is 13.4. The Kier molecular flexibility index (Phi) is 5.27. The summed E-state index contributed by atoms with van der Waals surface area (Å²) in [4.78, 5) is 14.1. The van der Waals surface area contributed by atoms with Crippen molar-refractivity contribution in [2.75, 3.05) is 0 Å². The minimum absolute atomic E-state index is 0.0267. The van der Waals surface area contributed by atoms with Gasteiger partial charge in [-0.3, -0.25) is 4.79 Å². The van der Waals surface area contributed by atoms with Crippen LogP contribution in [-0.2, 0) is 12.8 Å². The second-order valence-corrected chi connectivity index (χ2v) is 7.75. The molecule has 28 heavy (non-hydrogen) atoms. The van der Waals surface area contributed by atoms with Crippen LogP contribution in [0.5, 0.6) is 11.5 Å². The second kappa shape index (κ2) is 7.99. The van der Waals surface area contributed by atoms with Crippen LogP contribution < -0.4 is 4.74 Å². The van der Waals surface area contributed by atoms with Gasteiger partial charge < -0.3 is 4.74 Å². The van der Waals surface area contributed by atoms with Crippen LogP contribution in [-0.4, -0.2) is 5.78 Å². The van der Waals surface area contributed by atoms with Crippen molar-refractivity contribution in [3.05, 3.63) is 94.4 Å². The summed E-state index contributed by atoms with van der Waals surface area (Å²) in [6, 6.07) is 23.9. The third-order valence-corrected chi connectivity index (χ3v) is 6.10. The van der Waals surface area contributed by atoms with E-state index in [0.29, 0.717) is 10.6 Å². The Morgan fingerprint density at radius 2 is 1.57 bits per heavy atom. The van der Waals surface area contributed by atoms with Crippen LogP contribution in [0.1, 0.15) is 40.2 Å². The molecule has 4 rings (SSSR count). The molecule has 1 aromatic heterocycles. The molecule has 3 aromatic carbocycles. The number of benzene rings is 3. The molecular weight excluding hydrogens is 364 g/mol. The fourth-order valence-corrected chi connectivity index (χ4v) is 4.44. The summed E-state index contributed by atoms with van der Waals surface area (Å²) in [7, 11) is 0. The first-order valence-electron chi connectivity index (χ1n) is 9.62. The molecule has 0 saturated heterocycles. The number of hydrogen-bond donors (Lipinski definition) is 0. The quantitative estimate of drug-likeness (QED) is 0.332. The van der Waals surface area contributed by atoms with Gasteiger partial charge in [0.1, 0.15) is 10.6 Å². The van der Waals surface area contributed by atoms with Gasteiger partial charge in [-0.05, 0) is 48.2 Å². The number of carbonyl (C=O) groups excluding carboxylic acids is 1. The molecule has 0 aliphatic rings. The maximum absolute atomic E-state index is 13.4. The zero-order valence-electron chi connectivity index (χ0n) is 16.1. The number of ketones is 1. The highest BCUT2D eigenvalue weighted by molar-refractivity contribution is 7.21. The van der Waals surface area contributed by atoms with Gasteiger partial charge in [0.25, 0.3) is 0 Å². The van der Waals surface area contributed by atoms with Gasteiger partial charge in [-0.1, -0.05) is 62.4 Å². The first kappa shape index (κ1) is 18.5. The van der Waals surface area contributed by atoms with Crippen molar-refractivity contribution >= 4 is 27.2 Å². The number of carbonyl (C=O) groups is 1. The summed E-state index contributed by atoms with van der Waals surface area (Å²) in [5.41, 5.74) is 3.07.